The number of anilines is 2. The summed E-state index contributed by atoms with van der Waals surface area (Å²) in [5.74, 6) is 0.284. The van der Waals surface area contributed by atoms with Gasteiger partial charge in [-0.05, 0) is 30.5 Å². The van der Waals surface area contributed by atoms with Gasteiger partial charge in [0.25, 0.3) is 0 Å². The van der Waals surface area contributed by atoms with Gasteiger partial charge in [-0.25, -0.2) is 4.98 Å². The van der Waals surface area contributed by atoms with Crippen LogP contribution in [0.5, 0.6) is 0 Å². The highest BCUT2D eigenvalue weighted by Crippen LogP contribution is 2.34. The Morgan fingerprint density at radius 3 is 2.60 bits per heavy atom. The number of nitrogen functional groups attached to an aromatic ring is 1. The number of ketones is 1. The van der Waals surface area contributed by atoms with E-state index in [9.17, 15) is 4.79 Å². The number of carbonyl (C=O) groups excluding carboxylic acids is 1. The van der Waals surface area contributed by atoms with Gasteiger partial charge < -0.3 is 11.1 Å². The second-order valence-electron chi connectivity index (χ2n) is 6.22. The first-order valence-electron chi connectivity index (χ1n) is 8.43. The molecule has 3 aromatic rings. The molecule has 0 unspecified atom stereocenters. The van der Waals surface area contributed by atoms with E-state index < -0.39 is 0 Å². The summed E-state index contributed by atoms with van der Waals surface area (Å²) in [4.78, 5) is 19.5. The Hall–Kier alpha value is -2.18. The highest BCUT2D eigenvalue weighted by Gasteiger charge is 2.22. The van der Waals surface area contributed by atoms with Crippen LogP contribution in [0.25, 0.3) is 10.4 Å². The lowest BCUT2D eigenvalue weighted by Crippen LogP contribution is -2.14. The Morgan fingerprint density at radius 1 is 1.08 bits per heavy atom. The lowest BCUT2D eigenvalue weighted by molar-refractivity contribution is 0.104. The lowest BCUT2D eigenvalue weighted by atomic mass is 10.2. The predicted octanol–water partition coefficient (Wildman–Crippen LogP) is 5.04. The molecule has 2 heterocycles. The van der Waals surface area contributed by atoms with E-state index in [1.165, 1.54) is 35.5 Å². The monoisotopic (exact) mass is 369 g/mol. The van der Waals surface area contributed by atoms with Gasteiger partial charge in [-0.15, -0.1) is 11.3 Å². The maximum absolute atomic E-state index is 12.8. The fourth-order valence-corrected chi connectivity index (χ4v) is 5.07. The zero-order valence-electron chi connectivity index (χ0n) is 13.7. The van der Waals surface area contributed by atoms with Gasteiger partial charge in [-0.2, -0.15) is 0 Å². The molecular formula is C19H19N3OS2. The average molecular weight is 370 g/mol. The zero-order chi connectivity index (χ0) is 17.2. The lowest BCUT2D eigenvalue weighted by Gasteiger charge is -2.09. The van der Waals surface area contributed by atoms with Crippen LogP contribution in [0.2, 0.25) is 0 Å². The average Bonchev–Trinajstić information content (AvgIpc) is 3.36. The van der Waals surface area contributed by atoms with E-state index in [0.29, 0.717) is 21.6 Å². The zero-order valence-corrected chi connectivity index (χ0v) is 15.3. The van der Waals surface area contributed by atoms with Crippen LogP contribution in [0.1, 0.15) is 40.2 Å². The van der Waals surface area contributed by atoms with Crippen molar-refractivity contribution < 1.29 is 4.79 Å². The minimum atomic E-state index is -0.0401. The number of carbonyl (C=O) groups is 1. The number of nitrogens with one attached hydrogen (secondary N) is 1. The first kappa shape index (κ1) is 16.3. The summed E-state index contributed by atoms with van der Waals surface area (Å²) in [5.41, 5.74) is 7.13. The first-order valence-corrected chi connectivity index (χ1v) is 10.1. The minimum Gasteiger partial charge on any atom is -0.382 e. The van der Waals surface area contributed by atoms with E-state index in [1.54, 1.807) is 0 Å². The van der Waals surface area contributed by atoms with Gasteiger partial charge >= 0.3 is 0 Å². The topological polar surface area (TPSA) is 68.0 Å². The number of aromatic nitrogens is 1. The summed E-state index contributed by atoms with van der Waals surface area (Å²) in [6, 6.07) is 14.4. The van der Waals surface area contributed by atoms with Crippen LogP contribution < -0.4 is 11.1 Å². The van der Waals surface area contributed by atoms with Crippen LogP contribution >= 0.6 is 22.7 Å². The van der Waals surface area contributed by atoms with Crippen LogP contribution in [0.4, 0.5) is 10.9 Å². The van der Waals surface area contributed by atoms with E-state index in [0.717, 1.165) is 28.4 Å². The van der Waals surface area contributed by atoms with Gasteiger partial charge in [0.2, 0.25) is 5.78 Å². The Balaban J connectivity index is 1.55. The van der Waals surface area contributed by atoms with Gasteiger partial charge in [0.05, 0.1) is 4.88 Å². The van der Waals surface area contributed by atoms with Crippen molar-refractivity contribution in [1.82, 2.24) is 4.98 Å². The Morgan fingerprint density at radius 2 is 1.84 bits per heavy atom. The summed E-state index contributed by atoms with van der Waals surface area (Å²) in [6.07, 6.45) is 4.83. The normalized spacial score (nSPS) is 14.7. The minimum absolute atomic E-state index is 0.0401. The van der Waals surface area contributed by atoms with Crippen LogP contribution in [0.15, 0.2) is 42.5 Å². The Kier molecular flexibility index (Phi) is 4.55. The molecule has 4 nitrogen and oxygen atoms in total. The standard InChI is InChI=1S/C19H19N3OS2/c20-18-17(25-19(22-18)21-13-8-4-5-9-13)16(23)15-11-10-14(24-15)12-6-2-1-3-7-12/h1-3,6-7,10-11,13H,4-5,8-9,20H2,(H,21,22). The number of thiophene rings is 1. The molecule has 25 heavy (non-hydrogen) atoms. The summed E-state index contributed by atoms with van der Waals surface area (Å²) in [6.45, 7) is 0. The molecule has 0 saturated heterocycles. The van der Waals surface area contributed by atoms with E-state index in [2.05, 4.69) is 10.3 Å². The molecule has 0 bridgehead atoms. The molecule has 0 radical (unpaired) electrons. The molecule has 1 aliphatic carbocycles. The number of thiazole rings is 1. The number of hydrogen-bond acceptors (Lipinski definition) is 6. The van der Waals surface area contributed by atoms with Gasteiger partial charge in [-0.1, -0.05) is 54.5 Å². The fraction of sp³-hybridized carbons (Fsp3) is 0.263. The van der Waals surface area contributed by atoms with E-state index >= 15 is 0 Å². The molecule has 3 N–H and O–H groups in total. The molecule has 1 fully saturated rings. The van der Waals surface area contributed by atoms with Gasteiger partial charge in [0.15, 0.2) is 5.13 Å². The molecule has 2 aromatic heterocycles. The number of rotatable bonds is 5. The summed E-state index contributed by atoms with van der Waals surface area (Å²) in [5, 5.41) is 4.18. The van der Waals surface area contributed by atoms with Crippen LogP contribution in [0.3, 0.4) is 0 Å². The number of nitrogens with two attached hydrogens (primary N) is 1. The molecule has 0 spiro atoms. The summed E-state index contributed by atoms with van der Waals surface area (Å²) < 4.78 is 0. The molecule has 1 aliphatic rings. The third kappa shape index (κ3) is 3.45. The van der Waals surface area contributed by atoms with E-state index in [1.807, 2.05) is 42.5 Å². The largest absolute Gasteiger partial charge is 0.382 e. The number of benzene rings is 1. The van der Waals surface area contributed by atoms with E-state index in [4.69, 9.17) is 5.73 Å². The second-order valence-corrected chi connectivity index (χ2v) is 8.30. The summed E-state index contributed by atoms with van der Waals surface area (Å²) >= 11 is 2.86. The maximum atomic E-state index is 12.8. The number of nitrogens with zero attached hydrogens (tertiary/aromatic N) is 1. The molecule has 1 saturated carbocycles. The highest BCUT2D eigenvalue weighted by molar-refractivity contribution is 7.21. The fourth-order valence-electron chi connectivity index (χ4n) is 3.13. The molecule has 4 rings (SSSR count). The second kappa shape index (κ2) is 6.98. The van der Waals surface area contributed by atoms with Crippen molar-refractivity contribution in [2.45, 2.75) is 31.7 Å². The van der Waals surface area contributed by atoms with Gasteiger partial charge in [-0.3, -0.25) is 4.79 Å². The van der Waals surface area contributed by atoms with Crippen molar-refractivity contribution in [3.8, 4) is 10.4 Å². The molecule has 1 aromatic carbocycles. The van der Waals surface area contributed by atoms with Crippen LogP contribution in [-0.2, 0) is 0 Å². The molecule has 128 valence electrons. The molecule has 0 atom stereocenters. The quantitative estimate of drug-likeness (QED) is 0.618. The molecule has 0 amide bonds. The third-order valence-electron chi connectivity index (χ3n) is 4.43. The van der Waals surface area contributed by atoms with Gasteiger partial charge in [0.1, 0.15) is 10.7 Å². The molecule has 6 heteroatoms. The van der Waals surface area contributed by atoms with Crippen molar-refractivity contribution >= 4 is 39.4 Å². The third-order valence-corrected chi connectivity index (χ3v) is 6.56. The van der Waals surface area contributed by atoms with Crippen molar-refractivity contribution in [1.29, 1.82) is 0 Å². The predicted molar refractivity (Wildman–Crippen MR) is 106 cm³/mol. The Bertz CT molecular complexity index is 879. The van der Waals surface area contributed by atoms with Crippen molar-refractivity contribution in [2.24, 2.45) is 0 Å². The Labute approximate surface area is 154 Å². The van der Waals surface area contributed by atoms with Gasteiger partial charge in [0, 0.05) is 10.9 Å². The highest BCUT2D eigenvalue weighted by atomic mass is 32.1. The van der Waals surface area contributed by atoms with Crippen molar-refractivity contribution in [2.75, 3.05) is 11.1 Å². The maximum Gasteiger partial charge on any atom is 0.216 e. The first-order chi connectivity index (χ1) is 12.2. The SMILES string of the molecule is Nc1nc(NC2CCCC2)sc1C(=O)c1ccc(-c2ccccc2)s1. The van der Waals surface area contributed by atoms with Crippen molar-refractivity contribution in [3.05, 3.63) is 52.2 Å². The molecule has 0 aliphatic heterocycles. The van der Waals surface area contributed by atoms with E-state index in [-0.39, 0.29) is 5.78 Å². The smallest absolute Gasteiger partial charge is 0.216 e. The summed E-state index contributed by atoms with van der Waals surface area (Å²) in [7, 11) is 0. The van der Waals surface area contributed by atoms with Crippen molar-refractivity contribution in [3.63, 3.8) is 0 Å². The van der Waals surface area contributed by atoms with Crippen LogP contribution in [-0.4, -0.2) is 16.8 Å². The number of hydrogen-bond donors (Lipinski definition) is 2. The van der Waals surface area contributed by atoms with Crippen LogP contribution in [0, 0.1) is 0 Å². The molecular weight excluding hydrogens is 350 g/mol.